The van der Waals surface area contributed by atoms with Gasteiger partial charge in [0.25, 0.3) is 5.91 Å². The van der Waals surface area contributed by atoms with E-state index in [1.54, 1.807) is 4.90 Å². The number of hydrogen-bond donors (Lipinski definition) is 0. The molecule has 1 aliphatic heterocycles. The number of carbonyl (C=O) groups excluding carboxylic acids is 1. The zero-order chi connectivity index (χ0) is 9.14. The third-order valence-electron chi connectivity index (χ3n) is 1.64. The van der Waals surface area contributed by atoms with E-state index < -0.39 is 14.5 Å². The van der Waals surface area contributed by atoms with Crippen molar-refractivity contribution < 1.29 is 18.4 Å². The topological polar surface area (TPSA) is 55.8 Å². The van der Waals surface area contributed by atoms with Gasteiger partial charge in [0.2, 0.25) is 0 Å². The SMILES string of the molecule is CCN(CC)C(=O)C1O[P+](=O)O1. The molecule has 0 aliphatic carbocycles. The molecule has 0 radical (unpaired) electrons. The Morgan fingerprint density at radius 1 is 1.42 bits per heavy atom. The number of rotatable bonds is 3. The Hall–Kier alpha value is -0.510. The van der Waals surface area contributed by atoms with E-state index in [9.17, 15) is 9.36 Å². The van der Waals surface area contributed by atoms with Crippen molar-refractivity contribution in [2.24, 2.45) is 0 Å². The van der Waals surface area contributed by atoms with Gasteiger partial charge in [0.15, 0.2) is 0 Å². The second kappa shape index (κ2) is 3.94. The monoisotopic (exact) mass is 192 g/mol. The molecule has 1 heterocycles. The van der Waals surface area contributed by atoms with Crippen LogP contribution in [0.4, 0.5) is 0 Å². The molecule has 68 valence electrons. The van der Waals surface area contributed by atoms with Gasteiger partial charge in [-0.3, -0.25) is 4.79 Å². The largest absolute Gasteiger partial charge is 0.704 e. The van der Waals surface area contributed by atoms with Crippen LogP contribution in [-0.4, -0.2) is 30.2 Å². The van der Waals surface area contributed by atoms with Crippen LogP contribution >= 0.6 is 8.25 Å². The van der Waals surface area contributed by atoms with Crippen LogP contribution < -0.4 is 0 Å². The fourth-order valence-electron chi connectivity index (χ4n) is 0.939. The van der Waals surface area contributed by atoms with Gasteiger partial charge in [-0.1, -0.05) is 9.05 Å². The predicted molar refractivity (Wildman–Crippen MR) is 41.5 cm³/mol. The van der Waals surface area contributed by atoms with Crippen molar-refractivity contribution in [3.8, 4) is 0 Å². The molecule has 5 nitrogen and oxygen atoms in total. The summed E-state index contributed by atoms with van der Waals surface area (Å²) in [7, 11) is -2.02. The lowest BCUT2D eigenvalue weighted by molar-refractivity contribution is -0.164. The van der Waals surface area contributed by atoms with Gasteiger partial charge in [-0.05, 0) is 13.8 Å². The predicted octanol–water partition coefficient (Wildman–Crippen LogP) is 0.885. The van der Waals surface area contributed by atoms with Crippen LogP contribution in [0.25, 0.3) is 0 Å². The van der Waals surface area contributed by atoms with Crippen LogP contribution in [0.15, 0.2) is 0 Å². The molecule has 0 bridgehead atoms. The van der Waals surface area contributed by atoms with Crippen molar-refractivity contribution in [2.45, 2.75) is 20.1 Å². The van der Waals surface area contributed by atoms with Crippen LogP contribution in [0.1, 0.15) is 13.8 Å². The van der Waals surface area contributed by atoms with Gasteiger partial charge in [0, 0.05) is 17.7 Å². The summed E-state index contributed by atoms with van der Waals surface area (Å²) >= 11 is 0. The highest BCUT2D eigenvalue weighted by Crippen LogP contribution is 2.40. The number of nitrogens with zero attached hydrogens (tertiary/aromatic N) is 1. The standard InChI is InChI=1S/C6H11NO4P/c1-3-7(4-2)5(8)6-10-12(9)11-6/h6H,3-4H2,1-2H3/q+1. The summed E-state index contributed by atoms with van der Waals surface area (Å²) in [4.78, 5) is 12.8. The molecule has 0 aromatic carbocycles. The molecule has 0 unspecified atom stereocenters. The van der Waals surface area contributed by atoms with E-state index in [0.29, 0.717) is 13.1 Å². The van der Waals surface area contributed by atoms with Crippen LogP contribution in [0.5, 0.6) is 0 Å². The third kappa shape index (κ3) is 1.80. The minimum Gasteiger partial charge on any atom is -0.339 e. The second-order valence-corrected chi connectivity index (χ2v) is 3.15. The molecule has 0 atom stereocenters. The van der Waals surface area contributed by atoms with Gasteiger partial charge in [-0.2, -0.15) is 0 Å². The molecule has 1 fully saturated rings. The summed E-state index contributed by atoms with van der Waals surface area (Å²) in [5.74, 6) is -0.255. The van der Waals surface area contributed by atoms with Gasteiger partial charge in [0.05, 0.1) is 0 Å². The molecular formula is C6H11NO4P+. The first-order valence-electron chi connectivity index (χ1n) is 3.78. The van der Waals surface area contributed by atoms with Crippen molar-refractivity contribution in [3.63, 3.8) is 0 Å². The van der Waals surface area contributed by atoms with E-state index in [0.717, 1.165) is 0 Å². The van der Waals surface area contributed by atoms with E-state index in [-0.39, 0.29) is 5.91 Å². The number of amides is 1. The summed E-state index contributed by atoms with van der Waals surface area (Å²) in [6.45, 7) is 4.94. The van der Waals surface area contributed by atoms with E-state index in [1.165, 1.54) is 0 Å². The number of likely N-dealkylation sites (N-methyl/N-ethyl adjacent to an activating group) is 1. The normalized spacial score (nSPS) is 24.8. The lowest BCUT2D eigenvalue weighted by atomic mass is 10.4. The fourth-order valence-corrected chi connectivity index (χ4v) is 1.45. The first kappa shape index (κ1) is 9.58. The summed E-state index contributed by atoms with van der Waals surface area (Å²) in [6.07, 6.45) is -0.937. The van der Waals surface area contributed by atoms with Gasteiger partial charge < -0.3 is 4.90 Å². The van der Waals surface area contributed by atoms with E-state index in [2.05, 4.69) is 9.05 Å². The lowest BCUT2D eigenvalue weighted by Gasteiger charge is -2.21. The third-order valence-corrected chi connectivity index (χ3v) is 2.37. The van der Waals surface area contributed by atoms with E-state index in [4.69, 9.17) is 0 Å². The molecule has 0 N–H and O–H groups in total. The summed E-state index contributed by atoms with van der Waals surface area (Å²) in [6, 6.07) is 0. The zero-order valence-corrected chi connectivity index (χ0v) is 7.91. The Morgan fingerprint density at radius 3 is 2.25 bits per heavy atom. The first-order valence-corrected chi connectivity index (χ1v) is 4.88. The molecule has 1 amide bonds. The van der Waals surface area contributed by atoms with E-state index in [1.807, 2.05) is 13.8 Å². The minimum absolute atomic E-state index is 0.255. The summed E-state index contributed by atoms with van der Waals surface area (Å²) < 4.78 is 19.5. The number of carbonyl (C=O) groups is 1. The molecule has 1 aliphatic rings. The van der Waals surface area contributed by atoms with Crippen LogP contribution in [0, 0.1) is 0 Å². The van der Waals surface area contributed by atoms with Crippen molar-refractivity contribution in [2.75, 3.05) is 13.1 Å². The van der Waals surface area contributed by atoms with Gasteiger partial charge in [-0.25, -0.2) is 0 Å². The van der Waals surface area contributed by atoms with Crippen LogP contribution in [0.2, 0.25) is 0 Å². The Balaban J connectivity index is 2.41. The Morgan fingerprint density at radius 2 is 1.92 bits per heavy atom. The number of hydrogen-bond acceptors (Lipinski definition) is 4. The Kier molecular flexibility index (Phi) is 3.14. The Bertz CT molecular complexity index is 196. The van der Waals surface area contributed by atoms with Crippen LogP contribution in [0.3, 0.4) is 0 Å². The first-order chi connectivity index (χ1) is 5.69. The molecule has 1 rings (SSSR count). The highest BCUT2D eigenvalue weighted by molar-refractivity contribution is 7.34. The lowest BCUT2D eigenvalue weighted by Crippen LogP contribution is -2.43. The van der Waals surface area contributed by atoms with Gasteiger partial charge in [0.1, 0.15) is 0 Å². The molecule has 6 heteroatoms. The molecule has 0 aromatic rings. The highest BCUT2D eigenvalue weighted by atomic mass is 31.1. The van der Waals surface area contributed by atoms with Crippen molar-refractivity contribution in [1.82, 2.24) is 4.90 Å². The van der Waals surface area contributed by atoms with Crippen LogP contribution in [-0.2, 0) is 18.4 Å². The van der Waals surface area contributed by atoms with Crippen molar-refractivity contribution in [3.05, 3.63) is 0 Å². The van der Waals surface area contributed by atoms with E-state index >= 15 is 0 Å². The van der Waals surface area contributed by atoms with Crippen molar-refractivity contribution in [1.29, 1.82) is 0 Å². The smallest absolute Gasteiger partial charge is 0.339 e. The molecule has 0 spiro atoms. The van der Waals surface area contributed by atoms with Gasteiger partial charge in [-0.15, -0.1) is 0 Å². The molecule has 0 aromatic heterocycles. The fraction of sp³-hybridized carbons (Fsp3) is 0.833. The maximum absolute atomic E-state index is 11.3. The molecule has 1 saturated heterocycles. The summed E-state index contributed by atoms with van der Waals surface area (Å²) in [5, 5.41) is 0. The quantitative estimate of drug-likeness (QED) is 0.623. The molecule has 12 heavy (non-hydrogen) atoms. The Labute approximate surface area is 71.6 Å². The molecular weight excluding hydrogens is 181 g/mol. The minimum atomic E-state index is -2.02. The molecule has 0 saturated carbocycles. The second-order valence-electron chi connectivity index (χ2n) is 2.28. The maximum atomic E-state index is 11.3. The maximum Gasteiger partial charge on any atom is 0.704 e. The average Bonchev–Trinajstić information content (AvgIpc) is 2.01. The highest BCUT2D eigenvalue weighted by Gasteiger charge is 2.51. The summed E-state index contributed by atoms with van der Waals surface area (Å²) in [5.41, 5.74) is 0. The zero-order valence-electron chi connectivity index (χ0n) is 7.02. The average molecular weight is 192 g/mol. The van der Waals surface area contributed by atoms with Crippen molar-refractivity contribution >= 4 is 14.2 Å². The van der Waals surface area contributed by atoms with Gasteiger partial charge >= 0.3 is 14.5 Å².